The number of carbonyl (C=O) groups is 1. The Balaban J connectivity index is 1.88. The Morgan fingerprint density at radius 2 is 1.92 bits per heavy atom. The molecule has 3 rings (SSSR count). The van der Waals surface area contributed by atoms with E-state index in [-0.39, 0.29) is 5.57 Å². The molecule has 1 heterocycles. The molecule has 0 bridgehead atoms. The number of aromatic nitrogens is 2. The van der Waals surface area contributed by atoms with Gasteiger partial charge < -0.3 is 5.32 Å². The highest BCUT2D eigenvalue weighted by atomic mass is 16.1. The van der Waals surface area contributed by atoms with Crippen LogP contribution < -0.4 is 5.32 Å². The first-order valence-corrected chi connectivity index (χ1v) is 7.79. The molecule has 0 aliphatic heterocycles. The molecule has 0 radical (unpaired) electrons. The third kappa shape index (κ3) is 3.70. The maximum Gasteiger partial charge on any atom is 0.266 e. The van der Waals surface area contributed by atoms with Gasteiger partial charge in [0, 0.05) is 5.69 Å². The number of rotatable bonds is 3. The summed E-state index contributed by atoms with van der Waals surface area (Å²) in [4.78, 5) is 21.1. The number of hydrogen-bond acceptors (Lipinski definition) is 4. The lowest BCUT2D eigenvalue weighted by atomic mass is 10.1. The van der Waals surface area contributed by atoms with Crippen molar-refractivity contribution in [1.82, 2.24) is 9.97 Å². The fourth-order valence-corrected chi connectivity index (χ4v) is 2.48. The van der Waals surface area contributed by atoms with Crippen molar-refractivity contribution in [3.63, 3.8) is 0 Å². The number of fused-ring (bicyclic) bond motifs is 1. The molecule has 0 saturated heterocycles. The van der Waals surface area contributed by atoms with E-state index >= 15 is 0 Å². The first-order chi connectivity index (χ1) is 12.1. The summed E-state index contributed by atoms with van der Waals surface area (Å²) in [7, 11) is 0. The molecule has 2 aromatic carbocycles. The van der Waals surface area contributed by atoms with Crippen LogP contribution in [0.25, 0.3) is 17.1 Å². The van der Waals surface area contributed by atoms with E-state index in [1.165, 1.54) is 6.08 Å². The number of benzene rings is 2. The maximum absolute atomic E-state index is 12.4. The molecular formula is C20H16N4O. The van der Waals surface area contributed by atoms with Gasteiger partial charge in [-0.25, -0.2) is 4.98 Å². The van der Waals surface area contributed by atoms with Crippen LogP contribution in [-0.2, 0) is 4.79 Å². The topological polar surface area (TPSA) is 78.7 Å². The summed E-state index contributed by atoms with van der Waals surface area (Å²) < 4.78 is 0. The van der Waals surface area contributed by atoms with E-state index in [0.717, 1.165) is 16.6 Å². The molecule has 0 spiro atoms. The molecule has 0 saturated carbocycles. The average Bonchev–Trinajstić information content (AvgIpc) is 2.61. The molecule has 1 amide bonds. The van der Waals surface area contributed by atoms with Crippen LogP contribution in [-0.4, -0.2) is 15.9 Å². The van der Waals surface area contributed by atoms with Gasteiger partial charge in [0.1, 0.15) is 11.6 Å². The monoisotopic (exact) mass is 328 g/mol. The lowest BCUT2D eigenvalue weighted by molar-refractivity contribution is -0.112. The summed E-state index contributed by atoms with van der Waals surface area (Å²) in [6.45, 7) is 3.89. The number of carbonyl (C=O) groups excluding carboxylic acids is 1. The van der Waals surface area contributed by atoms with Gasteiger partial charge in [0.15, 0.2) is 0 Å². The van der Waals surface area contributed by atoms with E-state index in [0.29, 0.717) is 16.9 Å². The number of anilines is 1. The Hall–Kier alpha value is -3.52. The van der Waals surface area contributed by atoms with Gasteiger partial charge in [0.25, 0.3) is 5.91 Å². The van der Waals surface area contributed by atoms with Crippen molar-refractivity contribution in [2.75, 3.05) is 5.32 Å². The summed E-state index contributed by atoms with van der Waals surface area (Å²) in [5.74, 6) is -0.468. The number of para-hydroxylation sites is 2. The lowest BCUT2D eigenvalue weighted by Gasteiger charge is -2.08. The standard InChI is InChI=1S/C20H16N4O/c1-13-7-8-17(14(2)9-13)24-20(25)15(11-21)10-16-12-22-18-5-3-4-6-19(18)23-16/h3-10,12H,1-2H3,(H,24,25)/b15-10+. The van der Waals surface area contributed by atoms with Crippen LogP contribution >= 0.6 is 0 Å². The zero-order valence-corrected chi connectivity index (χ0v) is 13.9. The number of nitriles is 1. The quantitative estimate of drug-likeness (QED) is 0.586. The second kappa shape index (κ2) is 6.93. The minimum Gasteiger partial charge on any atom is -0.321 e. The second-order valence-corrected chi connectivity index (χ2v) is 5.73. The summed E-state index contributed by atoms with van der Waals surface area (Å²) in [6.07, 6.45) is 2.99. The van der Waals surface area contributed by atoms with Gasteiger partial charge >= 0.3 is 0 Å². The Labute approximate surface area is 145 Å². The molecule has 0 aliphatic carbocycles. The van der Waals surface area contributed by atoms with Crippen LogP contribution in [0.3, 0.4) is 0 Å². The third-order valence-corrected chi connectivity index (χ3v) is 3.75. The van der Waals surface area contributed by atoms with E-state index in [1.54, 1.807) is 6.20 Å². The van der Waals surface area contributed by atoms with Crippen LogP contribution in [0, 0.1) is 25.2 Å². The van der Waals surface area contributed by atoms with Gasteiger partial charge in [-0.1, -0.05) is 29.8 Å². The van der Waals surface area contributed by atoms with E-state index in [1.807, 2.05) is 62.4 Å². The fraction of sp³-hybridized carbons (Fsp3) is 0.100. The minimum atomic E-state index is -0.468. The van der Waals surface area contributed by atoms with Crippen molar-refractivity contribution >= 4 is 28.7 Å². The van der Waals surface area contributed by atoms with Crippen LogP contribution in [0.1, 0.15) is 16.8 Å². The Bertz CT molecular complexity index is 1030. The second-order valence-electron chi connectivity index (χ2n) is 5.73. The van der Waals surface area contributed by atoms with Crippen LogP contribution in [0.2, 0.25) is 0 Å². The fourth-order valence-electron chi connectivity index (χ4n) is 2.48. The first kappa shape index (κ1) is 16.3. The zero-order valence-electron chi connectivity index (χ0n) is 13.9. The summed E-state index contributed by atoms with van der Waals surface area (Å²) in [5, 5.41) is 12.1. The highest BCUT2D eigenvalue weighted by Gasteiger charge is 2.11. The SMILES string of the molecule is Cc1ccc(NC(=O)/C(C#N)=C/c2cnc3ccccc3n2)c(C)c1. The number of amides is 1. The molecular weight excluding hydrogens is 312 g/mol. The number of hydrogen-bond donors (Lipinski definition) is 1. The maximum atomic E-state index is 12.4. The highest BCUT2D eigenvalue weighted by Crippen LogP contribution is 2.17. The molecule has 122 valence electrons. The molecule has 3 aromatic rings. The highest BCUT2D eigenvalue weighted by molar-refractivity contribution is 6.09. The number of nitrogens with zero attached hydrogens (tertiary/aromatic N) is 3. The van der Waals surface area contributed by atoms with Crippen LogP contribution in [0.5, 0.6) is 0 Å². The van der Waals surface area contributed by atoms with Gasteiger partial charge in [0.05, 0.1) is 22.9 Å². The largest absolute Gasteiger partial charge is 0.321 e. The molecule has 5 nitrogen and oxygen atoms in total. The molecule has 0 unspecified atom stereocenters. The third-order valence-electron chi connectivity index (χ3n) is 3.75. The Morgan fingerprint density at radius 1 is 1.16 bits per heavy atom. The Morgan fingerprint density at radius 3 is 2.64 bits per heavy atom. The smallest absolute Gasteiger partial charge is 0.266 e. The van der Waals surface area contributed by atoms with Crippen molar-refractivity contribution in [1.29, 1.82) is 5.26 Å². The normalized spacial score (nSPS) is 11.2. The lowest BCUT2D eigenvalue weighted by Crippen LogP contribution is -2.14. The van der Waals surface area contributed by atoms with Crippen molar-refractivity contribution in [2.45, 2.75) is 13.8 Å². The average molecular weight is 328 g/mol. The van der Waals surface area contributed by atoms with E-state index < -0.39 is 5.91 Å². The summed E-state index contributed by atoms with van der Waals surface area (Å²) in [6, 6.07) is 15.1. The van der Waals surface area contributed by atoms with Crippen molar-refractivity contribution in [2.24, 2.45) is 0 Å². The van der Waals surface area contributed by atoms with Crippen LogP contribution in [0.4, 0.5) is 5.69 Å². The first-order valence-electron chi connectivity index (χ1n) is 7.79. The molecule has 25 heavy (non-hydrogen) atoms. The summed E-state index contributed by atoms with van der Waals surface area (Å²) >= 11 is 0. The van der Waals surface area contributed by atoms with Gasteiger partial charge in [-0.05, 0) is 43.7 Å². The molecule has 0 aliphatic rings. The van der Waals surface area contributed by atoms with E-state index in [4.69, 9.17) is 0 Å². The molecule has 0 fully saturated rings. The van der Waals surface area contributed by atoms with Crippen molar-refractivity contribution in [3.05, 3.63) is 71.1 Å². The predicted octanol–water partition coefficient (Wildman–Crippen LogP) is 3.79. The molecule has 1 aromatic heterocycles. The number of nitrogens with one attached hydrogen (secondary N) is 1. The van der Waals surface area contributed by atoms with Gasteiger partial charge in [-0.2, -0.15) is 5.26 Å². The molecule has 5 heteroatoms. The zero-order chi connectivity index (χ0) is 17.8. The Kier molecular flexibility index (Phi) is 4.53. The predicted molar refractivity (Wildman–Crippen MR) is 97.7 cm³/mol. The van der Waals surface area contributed by atoms with Gasteiger partial charge in [-0.3, -0.25) is 9.78 Å². The number of aryl methyl sites for hydroxylation is 2. The minimum absolute atomic E-state index is 0.0236. The molecule has 0 atom stereocenters. The van der Waals surface area contributed by atoms with Crippen molar-refractivity contribution in [3.8, 4) is 6.07 Å². The van der Waals surface area contributed by atoms with E-state index in [2.05, 4.69) is 15.3 Å². The van der Waals surface area contributed by atoms with Gasteiger partial charge in [-0.15, -0.1) is 0 Å². The van der Waals surface area contributed by atoms with Crippen LogP contribution in [0.15, 0.2) is 54.2 Å². The van der Waals surface area contributed by atoms with E-state index in [9.17, 15) is 10.1 Å². The van der Waals surface area contributed by atoms with Crippen molar-refractivity contribution < 1.29 is 4.79 Å². The van der Waals surface area contributed by atoms with Gasteiger partial charge in [0.2, 0.25) is 0 Å². The molecule has 1 N–H and O–H groups in total. The summed E-state index contributed by atoms with van der Waals surface area (Å²) in [5.41, 5.74) is 4.65.